The van der Waals surface area contributed by atoms with E-state index in [2.05, 4.69) is 32.0 Å². The third kappa shape index (κ3) is 5.43. The molecule has 0 aliphatic heterocycles. The molecule has 1 rings (SSSR count). The van der Waals surface area contributed by atoms with E-state index in [1.54, 1.807) is 13.3 Å². The van der Waals surface area contributed by atoms with Gasteiger partial charge in [-0.3, -0.25) is 10.4 Å². The number of halogens is 2. The minimum Gasteiger partial charge on any atom is -0.278 e. The molecule has 0 saturated carbocycles. The van der Waals surface area contributed by atoms with E-state index in [0.29, 0.717) is 5.82 Å². The van der Waals surface area contributed by atoms with E-state index >= 15 is 0 Å². The third-order valence-corrected chi connectivity index (χ3v) is 1.98. The zero-order chi connectivity index (χ0) is 14.3. The topological polar surface area (TPSA) is 65.8 Å². The highest BCUT2D eigenvalue weighted by atomic mass is 35.5. The lowest BCUT2D eigenvalue weighted by molar-refractivity contribution is 0.577. The number of hydrazine groups is 1. The Bertz CT molecular complexity index is 502. The van der Waals surface area contributed by atoms with E-state index in [4.69, 9.17) is 11.6 Å². The largest absolute Gasteiger partial charge is 0.278 e. The van der Waals surface area contributed by atoms with Crippen LogP contribution in [0.2, 0.25) is 5.28 Å². The molecule has 0 bridgehead atoms. The Morgan fingerprint density at radius 2 is 2.37 bits per heavy atom. The third-order valence-electron chi connectivity index (χ3n) is 1.80. The summed E-state index contributed by atoms with van der Waals surface area (Å²) in [7, 11) is 1.62. The van der Waals surface area contributed by atoms with Gasteiger partial charge in [0, 0.05) is 13.3 Å². The van der Waals surface area contributed by atoms with Crippen LogP contribution in [-0.2, 0) is 0 Å². The van der Waals surface area contributed by atoms with Crippen molar-refractivity contribution in [2.45, 2.75) is 13.3 Å². The average molecular weight is 285 g/mol. The van der Waals surface area contributed by atoms with Crippen LogP contribution in [0.4, 0.5) is 10.2 Å². The number of nitrogens with one attached hydrogen (secondary N) is 1. The number of hydrogen-bond donors (Lipinski definition) is 1. The van der Waals surface area contributed by atoms with Gasteiger partial charge in [-0.2, -0.15) is 4.98 Å². The van der Waals surface area contributed by atoms with Crippen LogP contribution in [0.1, 0.15) is 13.3 Å². The van der Waals surface area contributed by atoms with Gasteiger partial charge >= 0.3 is 0 Å². The Hall–Kier alpha value is -2.02. The Morgan fingerprint density at radius 3 is 3.05 bits per heavy atom. The smallest absolute Gasteiger partial charge is 0.224 e. The molecule has 0 spiro atoms. The zero-order valence-corrected chi connectivity index (χ0v) is 11.4. The predicted molar refractivity (Wildman–Crippen MR) is 74.8 cm³/mol. The van der Waals surface area contributed by atoms with E-state index in [1.165, 1.54) is 11.3 Å². The van der Waals surface area contributed by atoms with Crippen LogP contribution in [0.3, 0.4) is 0 Å². The van der Waals surface area contributed by atoms with Gasteiger partial charge in [0.15, 0.2) is 11.6 Å². The second kappa shape index (κ2) is 7.42. The molecule has 0 aliphatic rings. The molecule has 6 nitrogen and oxygen atoms in total. The lowest BCUT2D eigenvalue weighted by Crippen LogP contribution is -2.25. The summed E-state index contributed by atoms with van der Waals surface area (Å²) in [6.07, 6.45) is 4.86. The van der Waals surface area contributed by atoms with Crippen LogP contribution >= 0.6 is 11.6 Å². The first-order chi connectivity index (χ1) is 9.02. The highest BCUT2D eigenvalue weighted by Gasteiger charge is 2.06. The van der Waals surface area contributed by atoms with E-state index in [-0.39, 0.29) is 11.1 Å². The van der Waals surface area contributed by atoms with Crippen molar-refractivity contribution in [2.75, 3.05) is 12.5 Å². The summed E-state index contributed by atoms with van der Waals surface area (Å²) in [6, 6.07) is 0. The highest BCUT2D eigenvalue weighted by Crippen LogP contribution is 2.11. The molecule has 0 saturated heterocycles. The van der Waals surface area contributed by atoms with Crippen molar-refractivity contribution >= 4 is 30.0 Å². The van der Waals surface area contributed by atoms with Crippen LogP contribution < -0.4 is 5.43 Å². The fourth-order valence-electron chi connectivity index (χ4n) is 1.00. The Balaban J connectivity index is 2.62. The first kappa shape index (κ1) is 15.0. The first-order valence-corrected chi connectivity index (χ1v) is 5.84. The number of hydrogen-bond acceptors (Lipinski definition) is 5. The predicted octanol–water partition coefficient (Wildman–Crippen LogP) is 2.51. The lowest BCUT2D eigenvalue weighted by Gasteiger charge is -2.15. The molecule has 1 aromatic rings. The molecule has 0 amide bonds. The quantitative estimate of drug-likeness (QED) is 0.377. The Labute approximate surface area is 115 Å². The summed E-state index contributed by atoms with van der Waals surface area (Å²) < 4.78 is 13.3. The summed E-state index contributed by atoms with van der Waals surface area (Å²) in [5.74, 6) is -0.319. The molecule has 102 valence electrons. The van der Waals surface area contributed by atoms with Crippen molar-refractivity contribution in [3.8, 4) is 0 Å². The molecule has 8 heteroatoms. The standard InChI is InChI=1S/C11H14ClFN6/c1-4-5-14-8(2)16-7-19(3)18-10-9(13)6-15-11(12)17-10/h5-7H,2,4H2,1,3H3,(H,15,17,18). The van der Waals surface area contributed by atoms with Gasteiger partial charge in [0.05, 0.1) is 6.20 Å². The molecule has 0 aliphatic carbocycles. The van der Waals surface area contributed by atoms with E-state index < -0.39 is 5.82 Å². The molecular formula is C11H14ClFN6. The molecule has 0 atom stereocenters. The maximum Gasteiger partial charge on any atom is 0.224 e. The molecule has 1 heterocycles. The number of nitrogens with zero attached hydrogens (tertiary/aromatic N) is 5. The molecule has 0 aromatic carbocycles. The van der Waals surface area contributed by atoms with Gasteiger partial charge in [0.1, 0.15) is 12.2 Å². The van der Waals surface area contributed by atoms with Crippen molar-refractivity contribution in [2.24, 2.45) is 9.98 Å². The van der Waals surface area contributed by atoms with Gasteiger partial charge in [-0.05, 0) is 18.0 Å². The number of aliphatic imine (C=N–C) groups is 2. The SMILES string of the molecule is C=C(N=CCC)N=CN(C)Nc1nc(Cl)ncc1F. The number of aromatic nitrogens is 2. The van der Waals surface area contributed by atoms with Gasteiger partial charge < -0.3 is 0 Å². The van der Waals surface area contributed by atoms with E-state index in [1.807, 2.05) is 6.92 Å². The van der Waals surface area contributed by atoms with Crippen LogP contribution in [0.25, 0.3) is 0 Å². The lowest BCUT2D eigenvalue weighted by atomic mass is 10.5. The second-order valence-corrected chi connectivity index (χ2v) is 3.78. The Kier molecular flexibility index (Phi) is 5.87. The number of anilines is 1. The normalized spacial score (nSPS) is 11.2. The Morgan fingerprint density at radius 1 is 1.63 bits per heavy atom. The van der Waals surface area contributed by atoms with Crippen molar-refractivity contribution in [1.29, 1.82) is 0 Å². The molecular weight excluding hydrogens is 271 g/mol. The minimum absolute atomic E-state index is 0.0448. The van der Waals surface area contributed by atoms with E-state index in [0.717, 1.165) is 12.6 Å². The summed E-state index contributed by atoms with van der Waals surface area (Å²) in [4.78, 5) is 15.1. The van der Waals surface area contributed by atoms with Gasteiger partial charge in [-0.1, -0.05) is 13.5 Å². The van der Waals surface area contributed by atoms with E-state index in [9.17, 15) is 4.39 Å². The molecule has 1 N–H and O–H groups in total. The van der Waals surface area contributed by atoms with Crippen molar-refractivity contribution in [1.82, 2.24) is 15.0 Å². The molecule has 0 unspecified atom stereocenters. The highest BCUT2D eigenvalue weighted by molar-refractivity contribution is 6.28. The first-order valence-electron chi connectivity index (χ1n) is 5.46. The van der Waals surface area contributed by atoms with Crippen molar-refractivity contribution in [3.63, 3.8) is 0 Å². The number of rotatable bonds is 6. The van der Waals surface area contributed by atoms with Gasteiger partial charge in [-0.25, -0.2) is 19.4 Å². The fraction of sp³-hybridized carbons (Fsp3) is 0.273. The van der Waals surface area contributed by atoms with Crippen LogP contribution in [-0.4, -0.2) is 34.6 Å². The molecule has 1 aromatic heterocycles. The summed E-state index contributed by atoms with van der Waals surface area (Å²) in [5.41, 5.74) is 2.64. The summed E-state index contributed by atoms with van der Waals surface area (Å²) in [6.45, 7) is 5.59. The summed E-state index contributed by atoms with van der Waals surface area (Å²) >= 11 is 5.57. The minimum atomic E-state index is -0.618. The van der Waals surface area contributed by atoms with Crippen molar-refractivity contribution < 1.29 is 4.39 Å². The second-order valence-electron chi connectivity index (χ2n) is 3.44. The fourth-order valence-corrected chi connectivity index (χ4v) is 1.14. The van der Waals surface area contributed by atoms with Crippen LogP contribution in [0.15, 0.2) is 28.6 Å². The van der Waals surface area contributed by atoms with Crippen LogP contribution in [0, 0.1) is 5.82 Å². The molecule has 0 radical (unpaired) electrons. The average Bonchev–Trinajstić information content (AvgIpc) is 2.38. The maximum absolute atomic E-state index is 13.3. The molecule has 0 fully saturated rings. The monoisotopic (exact) mass is 284 g/mol. The van der Waals surface area contributed by atoms with Gasteiger partial charge in [-0.15, -0.1) is 0 Å². The van der Waals surface area contributed by atoms with Gasteiger partial charge in [0.25, 0.3) is 0 Å². The van der Waals surface area contributed by atoms with Gasteiger partial charge in [0.2, 0.25) is 5.28 Å². The van der Waals surface area contributed by atoms with Crippen molar-refractivity contribution in [3.05, 3.63) is 29.7 Å². The maximum atomic E-state index is 13.3. The summed E-state index contributed by atoms with van der Waals surface area (Å²) in [5, 5.41) is 1.35. The van der Waals surface area contributed by atoms with Crippen LogP contribution in [0.5, 0.6) is 0 Å². The zero-order valence-electron chi connectivity index (χ0n) is 10.6. The molecule has 19 heavy (non-hydrogen) atoms.